The Labute approximate surface area is 104 Å². The lowest BCUT2D eigenvalue weighted by Gasteiger charge is -2.16. The van der Waals surface area contributed by atoms with Gasteiger partial charge in [0, 0.05) is 10.8 Å². The van der Waals surface area contributed by atoms with Crippen molar-refractivity contribution in [1.82, 2.24) is 0 Å². The predicted molar refractivity (Wildman–Crippen MR) is 70.3 cm³/mol. The van der Waals surface area contributed by atoms with E-state index in [1.165, 1.54) is 6.08 Å². The zero-order chi connectivity index (χ0) is 14.4. The van der Waals surface area contributed by atoms with Crippen LogP contribution in [0.4, 0.5) is 0 Å². The molecule has 2 N–H and O–H groups in total. The summed E-state index contributed by atoms with van der Waals surface area (Å²) in [6.45, 7) is 11.2. The van der Waals surface area contributed by atoms with Gasteiger partial charge in [-0.3, -0.25) is 10.1 Å². The van der Waals surface area contributed by atoms with Crippen LogP contribution in [0, 0.1) is 16.0 Å². The average Bonchev–Trinajstić information content (AvgIpc) is 2.33. The van der Waals surface area contributed by atoms with E-state index < -0.39 is 11.2 Å². The van der Waals surface area contributed by atoms with Crippen LogP contribution in [0.3, 0.4) is 0 Å². The summed E-state index contributed by atoms with van der Waals surface area (Å²) >= 11 is 0. The van der Waals surface area contributed by atoms with Gasteiger partial charge in [0.05, 0.1) is 0 Å². The van der Waals surface area contributed by atoms with Gasteiger partial charge in [-0.15, -0.1) is 0 Å². The molecule has 0 aromatic rings. The van der Waals surface area contributed by atoms with Crippen molar-refractivity contribution in [2.75, 3.05) is 6.54 Å². The fraction of sp³-hybridized carbons (Fsp3) is 0.833. The van der Waals surface area contributed by atoms with E-state index in [2.05, 4.69) is 0 Å². The zero-order valence-electron chi connectivity index (χ0n) is 11.8. The summed E-state index contributed by atoms with van der Waals surface area (Å²) in [5.74, 6) is -0.389. The number of hydrogen-bond acceptors (Lipinski definition) is 4. The lowest BCUT2D eigenvalue weighted by atomic mass is 9.96. The van der Waals surface area contributed by atoms with E-state index >= 15 is 0 Å². The highest BCUT2D eigenvalue weighted by molar-refractivity contribution is 5.07. The SMILES string of the molecule is C/C=C(/C(O)O)C(CC)C[N+](=O)[O-].CC.CC. The molecule has 0 aromatic carbocycles. The highest BCUT2D eigenvalue weighted by atomic mass is 16.6. The maximum atomic E-state index is 10.2. The topological polar surface area (TPSA) is 83.6 Å². The number of hydrogen-bond donors (Lipinski definition) is 2. The molecule has 0 aliphatic rings. The van der Waals surface area contributed by atoms with Gasteiger partial charge in [0.2, 0.25) is 6.54 Å². The number of allylic oxidation sites excluding steroid dienone is 1. The van der Waals surface area contributed by atoms with Gasteiger partial charge < -0.3 is 10.2 Å². The molecule has 0 aliphatic heterocycles. The summed E-state index contributed by atoms with van der Waals surface area (Å²) in [5.41, 5.74) is 0.319. The van der Waals surface area contributed by atoms with Crippen molar-refractivity contribution in [3.8, 4) is 0 Å². The molecule has 0 spiro atoms. The van der Waals surface area contributed by atoms with Gasteiger partial charge in [0.1, 0.15) is 0 Å². The smallest absolute Gasteiger partial charge is 0.210 e. The molecule has 0 amide bonds. The van der Waals surface area contributed by atoms with Crippen LogP contribution in [-0.2, 0) is 0 Å². The average molecular weight is 249 g/mol. The van der Waals surface area contributed by atoms with Crippen molar-refractivity contribution in [2.24, 2.45) is 5.92 Å². The van der Waals surface area contributed by atoms with Crippen molar-refractivity contribution in [3.63, 3.8) is 0 Å². The third kappa shape index (κ3) is 11.3. The Morgan fingerprint density at radius 1 is 1.29 bits per heavy atom. The number of nitro groups is 1. The van der Waals surface area contributed by atoms with Crippen molar-refractivity contribution in [1.29, 1.82) is 0 Å². The van der Waals surface area contributed by atoms with Gasteiger partial charge in [0.15, 0.2) is 6.29 Å². The Bertz CT molecular complexity index is 203. The second-order valence-corrected chi connectivity index (χ2v) is 2.78. The van der Waals surface area contributed by atoms with E-state index in [1.807, 2.05) is 27.7 Å². The third-order valence-corrected chi connectivity index (χ3v) is 1.97. The molecule has 5 heteroatoms. The number of rotatable bonds is 5. The first-order valence-corrected chi connectivity index (χ1v) is 6.16. The Morgan fingerprint density at radius 2 is 1.71 bits per heavy atom. The Kier molecular flexibility index (Phi) is 18.9. The van der Waals surface area contributed by atoms with E-state index in [9.17, 15) is 10.1 Å². The maximum absolute atomic E-state index is 10.2. The first-order chi connectivity index (χ1) is 8.02. The lowest BCUT2D eigenvalue weighted by Crippen LogP contribution is -2.23. The van der Waals surface area contributed by atoms with Gasteiger partial charge in [-0.25, -0.2) is 0 Å². The zero-order valence-corrected chi connectivity index (χ0v) is 11.8. The summed E-state index contributed by atoms with van der Waals surface area (Å²) in [7, 11) is 0. The maximum Gasteiger partial charge on any atom is 0.210 e. The molecular formula is C12H27NO4. The summed E-state index contributed by atoms with van der Waals surface area (Å²) < 4.78 is 0. The quantitative estimate of drug-likeness (QED) is 0.339. The first kappa shape index (κ1) is 21.4. The molecule has 0 bridgehead atoms. The predicted octanol–water partition coefficient (Wildman–Crippen LogP) is 2.60. The second-order valence-electron chi connectivity index (χ2n) is 2.78. The van der Waals surface area contributed by atoms with Gasteiger partial charge in [0.25, 0.3) is 0 Å². The van der Waals surface area contributed by atoms with Crippen LogP contribution >= 0.6 is 0 Å². The molecule has 0 saturated carbocycles. The minimum Gasteiger partial charge on any atom is -0.365 e. The summed E-state index contributed by atoms with van der Waals surface area (Å²) in [5, 5.41) is 28.0. The fourth-order valence-corrected chi connectivity index (χ4v) is 1.25. The summed E-state index contributed by atoms with van der Waals surface area (Å²) in [6.07, 6.45) is 0.454. The van der Waals surface area contributed by atoms with E-state index in [4.69, 9.17) is 10.2 Å². The number of nitrogens with zero attached hydrogens (tertiary/aromatic N) is 1. The largest absolute Gasteiger partial charge is 0.365 e. The van der Waals surface area contributed by atoms with Gasteiger partial charge in [-0.1, -0.05) is 40.7 Å². The minimum atomic E-state index is -1.59. The van der Waals surface area contributed by atoms with Crippen molar-refractivity contribution < 1.29 is 15.1 Å². The van der Waals surface area contributed by atoms with Crippen LogP contribution in [0.5, 0.6) is 0 Å². The van der Waals surface area contributed by atoms with Crippen LogP contribution in [0.25, 0.3) is 0 Å². The molecular weight excluding hydrogens is 222 g/mol. The van der Waals surface area contributed by atoms with Crippen LogP contribution in [0.15, 0.2) is 11.6 Å². The Balaban J connectivity index is -0.000000439. The first-order valence-electron chi connectivity index (χ1n) is 6.16. The van der Waals surface area contributed by atoms with Crippen LogP contribution < -0.4 is 0 Å². The molecule has 0 saturated heterocycles. The fourth-order valence-electron chi connectivity index (χ4n) is 1.25. The molecule has 0 fully saturated rings. The van der Waals surface area contributed by atoms with E-state index in [0.717, 1.165) is 0 Å². The molecule has 104 valence electrons. The van der Waals surface area contributed by atoms with Gasteiger partial charge >= 0.3 is 0 Å². The minimum absolute atomic E-state index is 0.256. The third-order valence-electron chi connectivity index (χ3n) is 1.97. The standard InChI is InChI=1S/C8H15NO4.2C2H6/c1-3-6(5-9(12)13)7(4-2)8(10)11;2*1-2/h4,6,8,10-11H,3,5H2,1-2H3;2*1-2H3/b7-4+;;. The van der Waals surface area contributed by atoms with Gasteiger partial charge in [-0.2, -0.15) is 0 Å². The monoisotopic (exact) mass is 249 g/mol. The lowest BCUT2D eigenvalue weighted by molar-refractivity contribution is -0.486. The van der Waals surface area contributed by atoms with Crippen LogP contribution in [0.2, 0.25) is 0 Å². The van der Waals surface area contributed by atoms with Crippen LogP contribution in [-0.4, -0.2) is 28.0 Å². The normalized spacial score (nSPS) is 11.9. The van der Waals surface area contributed by atoms with E-state index in [1.54, 1.807) is 13.8 Å². The molecule has 1 unspecified atom stereocenters. The van der Waals surface area contributed by atoms with E-state index in [-0.39, 0.29) is 12.5 Å². The summed E-state index contributed by atoms with van der Waals surface area (Å²) in [4.78, 5) is 9.78. The number of aliphatic hydroxyl groups excluding tert-OH is 1. The molecule has 1 atom stereocenters. The highest BCUT2D eigenvalue weighted by Crippen LogP contribution is 2.17. The van der Waals surface area contributed by atoms with Gasteiger partial charge in [-0.05, 0) is 18.9 Å². The molecule has 0 radical (unpaired) electrons. The molecule has 17 heavy (non-hydrogen) atoms. The summed E-state index contributed by atoms with van der Waals surface area (Å²) in [6, 6.07) is 0. The van der Waals surface area contributed by atoms with Crippen molar-refractivity contribution >= 4 is 0 Å². The second kappa shape index (κ2) is 15.1. The highest BCUT2D eigenvalue weighted by Gasteiger charge is 2.21. The van der Waals surface area contributed by atoms with Crippen LogP contribution in [0.1, 0.15) is 48.0 Å². The number of aliphatic hydroxyl groups is 2. The van der Waals surface area contributed by atoms with Crippen molar-refractivity contribution in [3.05, 3.63) is 21.8 Å². The molecule has 0 heterocycles. The van der Waals surface area contributed by atoms with E-state index in [0.29, 0.717) is 12.0 Å². The van der Waals surface area contributed by atoms with Crippen molar-refractivity contribution in [2.45, 2.75) is 54.3 Å². The Morgan fingerprint density at radius 3 is 1.88 bits per heavy atom. The molecule has 0 rings (SSSR count). The molecule has 0 aromatic heterocycles. The molecule has 5 nitrogen and oxygen atoms in total. The Hall–Kier alpha value is -0.940. The molecule has 0 aliphatic carbocycles.